The number of likely N-dealkylation sites (tertiary alicyclic amines) is 1. The van der Waals surface area contributed by atoms with Gasteiger partial charge in [-0.2, -0.15) is 0 Å². The molecule has 1 aromatic carbocycles. The lowest BCUT2D eigenvalue weighted by Crippen LogP contribution is -2.44. The van der Waals surface area contributed by atoms with Gasteiger partial charge in [0.15, 0.2) is 11.5 Å². The van der Waals surface area contributed by atoms with E-state index in [1.54, 1.807) is 19.1 Å². The number of hydrogen-bond donors (Lipinski definition) is 1. The summed E-state index contributed by atoms with van der Waals surface area (Å²) in [5.41, 5.74) is 1.07. The van der Waals surface area contributed by atoms with Gasteiger partial charge in [-0.3, -0.25) is 0 Å². The van der Waals surface area contributed by atoms with Gasteiger partial charge in [0.2, 0.25) is 0 Å². The van der Waals surface area contributed by atoms with Gasteiger partial charge in [0.25, 0.3) is 0 Å². The first kappa shape index (κ1) is 17.4. The largest absolute Gasteiger partial charge is 0.493 e. The lowest BCUT2D eigenvalue weighted by Gasteiger charge is -2.31. The molecule has 1 aliphatic heterocycles. The molecule has 1 aliphatic rings. The molecule has 1 N–H and O–H groups in total. The van der Waals surface area contributed by atoms with Crippen molar-refractivity contribution in [3.63, 3.8) is 0 Å². The summed E-state index contributed by atoms with van der Waals surface area (Å²) < 4.78 is 15.8. The van der Waals surface area contributed by atoms with Crippen molar-refractivity contribution in [1.82, 2.24) is 10.2 Å². The van der Waals surface area contributed by atoms with Gasteiger partial charge in [-0.05, 0) is 25.8 Å². The minimum absolute atomic E-state index is 0.208. The summed E-state index contributed by atoms with van der Waals surface area (Å²) in [5, 5.41) is 3.54. The molecule has 1 saturated heterocycles. The van der Waals surface area contributed by atoms with Crippen LogP contribution in [0.1, 0.15) is 25.3 Å². The van der Waals surface area contributed by atoms with Gasteiger partial charge in [0.1, 0.15) is 0 Å². The highest BCUT2D eigenvalue weighted by atomic mass is 16.6. The standard InChI is InChI=1S/C17H26N2O4/c1-4-23-17(20)19-10-8-14(9-11-19)18-12-13-6-5-7-15(21-2)16(13)22-3/h5-7,14,18H,4,8-12H2,1-3H3. The Morgan fingerprint density at radius 2 is 2.00 bits per heavy atom. The van der Waals surface area contributed by atoms with E-state index in [0.29, 0.717) is 19.2 Å². The summed E-state index contributed by atoms with van der Waals surface area (Å²) in [6.07, 6.45) is 1.64. The maximum Gasteiger partial charge on any atom is 0.409 e. The Morgan fingerprint density at radius 3 is 2.61 bits per heavy atom. The van der Waals surface area contributed by atoms with E-state index in [1.165, 1.54) is 0 Å². The highest BCUT2D eigenvalue weighted by molar-refractivity contribution is 5.67. The van der Waals surface area contributed by atoms with Crippen LogP contribution < -0.4 is 14.8 Å². The number of amides is 1. The third-order valence-electron chi connectivity index (χ3n) is 4.09. The van der Waals surface area contributed by atoms with Crippen LogP contribution in [0.15, 0.2) is 18.2 Å². The van der Waals surface area contributed by atoms with Gasteiger partial charge in [0.05, 0.1) is 20.8 Å². The fraction of sp³-hybridized carbons (Fsp3) is 0.588. The summed E-state index contributed by atoms with van der Waals surface area (Å²) in [7, 11) is 3.29. The smallest absolute Gasteiger partial charge is 0.409 e. The average Bonchev–Trinajstić information content (AvgIpc) is 2.60. The van der Waals surface area contributed by atoms with E-state index < -0.39 is 0 Å². The van der Waals surface area contributed by atoms with Crippen LogP contribution in [0.4, 0.5) is 4.79 Å². The van der Waals surface area contributed by atoms with Crippen molar-refractivity contribution in [3.8, 4) is 11.5 Å². The number of nitrogens with zero attached hydrogens (tertiary/aromatic N) is 1. The maximum atomic E-state index is 11.7. The summed E-state index contributed by atoms with van der Waals surface area (Å²) >= 11 is 0. The van der Waals surface area contributed by atoms with Gasteiger partial charge in [-0.15, -0.1) is 0 Å². The Morgan fingerprint density at radius 1 is 1.26 bits per heavy atom. The zero-order chi connectivity index (χ0) is 16.7. The number of benzene rings is 1. The molecule has 0 atom stereocenters. The van der Waals surface area contributed by atoms with Gasteiger partial charge in [0, 0.05) is 31.2 Å². The van der Waals surface area contributed by atoms with Gasteiger partial charge >= 0.3 is 6.09 Å². The molecule has 1 amide bonds. The maximum absolute atomic E-state index is 11.7. The summed E-state index contributed by atoms with van der Waals surface area (Å²) in [6.45, 7) is 4.42. The molecule has 0 unspecified atom stereocenters. The summed E-state index contributed by atoms with van der Waals surface area (Å²) in [6, 6.07) is 6.26. The Balaban J connectivity index is 1.85. The molecule has 6 heteroatoms. The predicted molar refractivity (Wildman–Crippen MR) is 88.0 cm³/mol. The lowest BCUT2D eigenvalue weighted by molar-refractivity contribution is 0.0950. The lowest BCUT2D eigenvalue weighted by atomic mass is 10.0. The van der Waals surface area contributed by atoms with Crippen molar-refractivity contribution in [2.75, 3.05) is 33.9 Å². The molecule has 0 aromatic heterocycles. The van der Waals surface area contributed by atoms with E-state index in [9.17, 15) is 4.79 Å². The monoisotopic (exact) mass is 322 g/mol. The number of carbonyl (C=O) groups excluding carboxylic acids is 1. The zero-order valence-corrected chi connectivity index (χ0v) is 14.1. The fourth-order valence-electron chi connectivity index (χ4n) is 2.83. The molecule has 23 heavy (non-hydrogen) atoms. The molecule has 128 valence electrons. The van der Waals surface area contributed by atoms with Crippen molar-refractivity contribution in [3.05, 3.63) is 23.8 Å². The van der Waals surface area contributed by atoms with Crippen LogP contribution in [0, 0.1) is 0 Å². The van der Waals surface area contributed by atoms with E-state index in [2.05, 4.69) is 5.32 Å². The molecule has 0 saturated carbocycles. The molecule has 0 aliphatic carbocycles. The van der Waals surface area contributed by atoms with Crippen LogP contribution in [-0.2, 0) is 11.3 Å². The highest BCUT2D eigenvalue weighted by Crippen LogP contribution is 2.30. The minimum atomic E-state index is -0.208. The van der Waals surface area contributed by atoms with Crippen molar-refractivity contribution >= 4 is 6.09 Å². The molecule has 1 fully saturated rings. The number of rotatable bonds is 6. The normalized spacial score (nSPS) is 15.3. The SMILES string of the molecule is CCOC(=O)N1CCC(NCc2cccc(OC)c2OC)CC1. The van der Waals surface area contributed by atoms with Crippen LogP contribution in [0.2, 0.25) is 0 Å². The molecular weight excluding hydrogens is 296 g/mol. The van der Waals surface area contributed by atoms with Crippen molar-refractivity contribution in [2.24, 2.45) is 0 Å². The Kier molecular flexibility index (Phi) is 6.52. The van der Waals surface area contributed by atoms with Crippen LogP contribution in [0.3, 0.4) is 0 Å². The molecule has 6 nitrogen and oxygen atoms in total. The van der Waals surface area contributed by atoms with Crippen LogP contribution in [0.5, 0.6) is 11.5 Å². The van der Waals surface area contributed by atoms with E-state index in [1.807, 2.05) is 25.1 Å². The predicted octanol–water partition coefficient (Wildman–Crippen LogP) is 2.41. The Bertz CT molecular complexity index is 513. The summed E-state index contributed by atoms with van der Waals surface area (Å²) in [4.78, 5) is 13.5. The Labute approximate surface area is 137 Å². The molecule has 0 spiro atoms. The first-order valence-corrected chi connectivity index (χ1v) is 8.04. The number of hydrogen-bond acceptors (Lipinski definition) is 5. The quantitative estimate of drug-likeness (QED) is 0.871. The second-order valence-corrected chi connectivity index (χ2v) is 5.49. The number of methoxy groups -OCH3 is 2. The first-order chi connectivity index (χ1) is 11.2. The fourth-order valence-corrected chi connectivity index (χ4v) is 2.83. The van der Waals surface area contributed by atoms with Gasteiger partial charge in [-0.1, -0.05) is 12.1 Å². The second kappa shape index (κ2) is 8.62. The number of piperidine rings is 1. The van der Waals surface area contributed by atoms with E-state index in [4.69, 9.17) is 14.2 Å². The van der Waals surface area contributed by atoms with Crippen molar-refractivity contribution in [1.29, 1.82) is 0 Å². The molecule has 0 bridgehead atoms. The minimum Gasteiger partial charge on any atom is -0.493 e. The van der Waals surface area contributed by atoms with Gasteiger partial charge in [-0.25, -0.2) is 4.79 Å². The average molecular weight is 322 g/mol. The number of carbonyl (C=O) groups is 1. The second-order valence-electron chi connectivity index (χ2n) is 5.49. The topological polar surface area (TPSA) is 60.0 Å². The van der Waals surface area contributed by atoms with E-state index >= 15 is 0 Å². The number of para-hydroxylation sites is 1. The Hall–Kier alpha value is -1.95. The molecule has 1 heterocycles. The molecular formula is C17H26N2O4. The van der Waals surface area contributed by atoms with Crippen molar-refractivity contribution < 1.29 is 19.0 Å². The number of nitrogens with one attached hydrogen (secondary N) is 1. The zero-order valence-electron chi connectivity index (χ0n) is 14.1. The molecule has 1 aromatic rings. The van der Waals surface area contributed by atoms with Crippen LogP contribution >= 0.6 is 0 Å². The third kappa shape index (κ3) is 4.51. The van der Waals surface area contributed by atoms with Crippen LogP contribution in [-0.4, -0.2) is 51.0 Å². The van der Waals surface area contributed by atoms with E-state index in [-0.39, 0.29) is 6.09 Å². The van der Waals surface area contributed by atoms with Crippen molar-refractivity contribution in [2.45, 2.75) is 32.4 Å². The third-order valence-corrected chi connectivity index (χ3v) is 4.09. The van der Waals surface area contributed by atoms with Crippen LogP contribution in [0.25, 0.3) is 0 Å². The highest BCUT2D eigenvalue weighted by Gasteiger charge is 2.23. The number of ether oxygens (including phenoxy) is 3. The molecule has 0 radical (unpaired) electrons. The van der Waals surface area contributed by atoms with E-state index in [0.717, 1.165) is 43.0 Å². The summed E-state index contributed by atoms with van der Waals surface area (Å²) in [5.74, 6) is 1.51. The van der Waals surface area contributed by atoms with Gasteiger partial charge < -0.3 is 24.4 Å². The first-order valence-electron chi connectivity index (χ1n) is 8.04. The molecule has 2 rings (SSSR count).